The lowest BCUT2D eigenvalue weighted by molar-refractivity contribution is -0.136. The quantitative estimate of drug-likeness (QED) is 0.0948. The Morgan fingerprint density at radius 3 is 1.87 bits per heavy atom. The fourth-order valence-electron chi connectivity index (χ4n) is 7.18. The summed E-state index contributed by atoms with van der Waals surface area (Å²) >= 11 is 4.93. The number of rotatable bonds is 11. The van der Waals surface area contributed by atoms with Gasteiger partial charge in [0.15, 0.2) is 0 Å². The van der Waals surface area contributed by atoms with Crippen LogP contribution in [0, 0.1) is 11.8 Å². The summed E-state index contributed by atoms with van der Waals surface area (Å²) < 4.78 is 7.05. The van der Waals surface area contributed by atoms with Crippen LogP contribution < -0.4 is 10.6 Å². The van der Waals surface area contributed by atoms with E-state index in [1.54, 1.807) is 45.1 Å². The molecule has 7 rings (SSSR count). The largest absolute Gasteiger partial charge is 0.465 e. The minimum Gasteiger partial charge on any atom is -0.465 e. The van der Waals surface area contributed by atoms with Crippen molar-refractivity contribution in [3.63, 3.8) is 0 Å². The highest BCUT2D eigenvalue weighted by atomic mass is 32.1. The van der Waals surface area contributed by atoms with Gasteiger partial charge in [0.1, 0.15) is 28.7 Å². The second-order valence-corrected chi connectivity index (χ2v) is 17.4. The van der Waals surface area contributed by atoms with E-state index in [0.29, 0.717) is 18.9 Å². The highest BCUT2D eigenvalue weighted by Crippen LogP contribution is 2.44. The van der Waals surface area contributed by atoms with Crippen LogP contribution in [0.15, 0.2) is 30.7 Å². The van der Waals surface area contributed by atoms with Crippen molar-refractivity contribution in [1.29, 1.82) is 0 Å². The van der Waals surface area contributed by atoms with Crippen LogP contribution in [0.5, 0.6) is 0 Å². The molecule has 0 aliphatic carbocycles. The van der Waals surface area contributed by atoms with Crippen molar-refractivity contribution < 1.29 is 29.0 Å². The first-order chi connectivity index (χ1) is 25.9. The summed E-state index contributed by atoms with van der Waals surface area (Å²) in [6, 6.07) is 2.35. The van der Waals surface area contributed by atoms with E-state index in [4.69, 9.17) is 14.7 Å². The summed E-state index contributed by atoms with van der Waals surface area (Å²) in [4.78, 5) is 77.8. The number of thiazole rings is 1. The number of alkyl carbamates (subject to hydrolysis) is 1. The van der Waals surface area contributed by atoms with Crippen LogP contribution in [0.3, 0.4) is 0 Å². The molecule has 0 saturated carbocycles. The zero-order chi connectivity index (χ0) is 38.3. The number of H-pyrrole nitrogens is 2. The molecule has 4 atom stereocenters. The van der Waals surface area contributed by atoms with Crippen molar-refractivity contribution in [2.75, 3.05) is 20.2 Å². The van der Waals surface area contributed by atoms with Crippen molar-refractivity contribution in [2.24, 2.45) is 11.8 Å². The van der Waals surface area contributed by atoms with Gasteiger partial charge in [0, 0.05) is 33.6 Å². The first kappa shape index (κ1) is 37.5. The van der Waals surface area contributed by atoms with E-state index < -0.39 is 24.3 Å². The van der Waals surface area contributed by atoms with E-state index in [1.165, 1.54) is 7.11 Å². The number of amides is 4. The van der Waals surface area contributed by atoms with Crippen molar-refractivity contribution in [3.8, 4) is 31.0 Å². The third-order valence-corrected chi connectivity index (χ3v) is 13.5. The average molecular weight is 794 g/mol. The van der Waals surface area contributed by atoms with Gasteiger partial charge in [0.25, 0.3) is 0 Å². The van der Waals surface area contributed by atoms with Crippen LogP contribution in [0.4, 0.5) is 9.59 Å². The van der Waals surface area contributed by atoms with E-state index in [1.807, 2.05) is 45.0 Å². The predicted molar refractivity (Wildman–Crippen MR) is 207 cm³/mol. The molecule has 0 bridgehead atoms. The molecule has 5 aromatic rings. The number of aromatic nitrogens is 5. The molecule has 1 unspecified atom stereocenters. The standard InChI is InChI=1S/C36H43N9O6S3/c1-17(2)28(42-35(48)49)33(46)44-10-7-9-22(44)31-38-15-20(41-31)32-39-16-27(54-32)26-13-25-24(53-26)12-23(52-25)19-14-37-30(40-19)21-8-6-11-45(21)34(47)29(18(3)4)43-36(50)51-5/h12-18,21-22,28-29,42H,6-11H2,1-5H3,(H,37,40)(H,38,41)(H,43,50)(H,48,49)/t21?,22-,28-,29-/m0/s1. The number of nitrogens with one attached hydrogen (secondary N) is 4. The smallest absolute Gasteiger partial charge is 0.407 e. The molecular weight excluding hydrogens is 751 g/mol. The Kier molecular flexibility index (Phi) is 10.8. The first-order valence-corrected chi connectivity index (χ1v) is 20.4. The SMILES string of the molecule is COC(=O)N[C@H](C(=O)N1CCCC1c1ncc(-c2cc3sc(-c4cnc(-c5cnc([C@@H]6CCCN6C(=O)[C@@H](NC(=O)O)C(C)C)[nH]5)s4)cc3s2)[nH]1)C(C)C. The van der Waals surface area contributed by atoms with Gasteiger partial charge in [-0.3, -0.25) is 9.59 Å². The van der Waals surface area contributed by atoms with Crippen LogP contribution >= 0.6 is 34.0 Å². The van der Waals surface area contributed by atoms with Gasteiger partial charge in [-0.25, -0.2) is 24.5 Å². The molecule has 2 aliphatic rings. The molecule has 2 saturated heterocycles. The molecule has 2 fully saturated rings. The van der Waals surface area contributed by atoms with Crippen LogP contribution in [0.1, 0.15) is 77.1 Å². The van der Waals surface area contributed by atoms with Crippen LogP contribution in [0.25, 0.3) is 40.4 Å². The van der Waals surface area contributed by atoms with Gasteiger partial charge in [-0.1, -0.05) is 27.7 Å². The fourth-order valence-corrected chi connectivity index (χ4v) is 10.5. The number of hydrogen-bond donors (Lipinski definition) is 5. The number of fused-ring (bicyclic) bond motifs is 1. The fraction of sp³-hybridized carbons (Fsp3) is 0.472. The van der Waals surface area contributed by atoms with Crippen molar-refractivity contribution in [3.05, 3.63) is 42.4 Å². The van der Waals surface area contributed by atoms with Gasteiger partial charge in [0.2, 0.25) is 11.8 Å². The molecule has 5 N–H and O–H groups in total. The normalized spacial score (nSPS) is 18.5. The average Bonchev–Trinajstić information content (AvgIpc) is 3.98. The molecule has 2 aliphatic heterocycles. The first-order valence-electron chi connectivity index (χ1n) is 18.0. The monoisotopic (exact) mass is 793 g/mol. The number of thiophene rings is 2. The number of carboxylic acid groups (broad SMARTS) is 1. The Hall–Kier alpha value is -4.81. The molecule has 5 aromatic heterocycles. The Labute approximate surface area is 323 Å². The number of ether oxygens (including phenoxy) is 1. The molecular formula is C36H43N9O6S3. The van der Waals surface area contributed by atoms with Crippen molar-refractivity contribution >= 4 is 67.4 Å². The Morgan fingerprint density at radius 1 is 0.759 bits per heavy atom. The van der Waals surface area contributed by atoms with Gasteiger partial charge in [-0.05, 0) is 49.7 Å². The van der Waals surface area contributed by atoms with Gasteiger partial charge in [-0.15, -0.1) is 34.0 Å². The zero-order valence-corrected chi connectivity index (χ0v) is 33.0. The predicted octanol–water partition coefficient (Wildman–Crippen LogP) is 6.87. The van der Waals surface area contributed by atoms with E-state index in [9.17, 15) is 24.3 Å². The lowest BCUT2D eigenvalue weighted by Crippen LogP contribution is -2.51. The van der Waals surface area contributed by atoms with E-state index in [-0.39, 0.29) is 35.7 Å². The number of hydrogen-bond acceptors (Lipinski definition) is 11. The number of nitrogens with zero attached hydrogens (tertiary/aromatic N) is 5. The van der Waals surface area contributed by atoms with E-state index in [0.717, 1.165) is 71.9 Å². The second kappa shape index (κ2) is 15.5. The highest BCUT2D eigenvalue weighted by molar-refractivity contribution is 7.32. The molecule has 0 spiro atoms. The summed E-state index contributed by atoms with van der Waals surface area (Å²) in [5.74, 6) is 0.720. The van der Waals surface area contributed by atoms with E-state index >= 15 is 0 Å². The number of aromatic amines is 2. The molecule has 0 radical (unpaired) electrons. The lowest BCUT2D eigenvalue weighted by atomic mass is 10.0. The summed E-state index contributed by atoms with van der Waals surface area (Å²) in [7, 11) is 1.29. The Bertz CT molecular complexity index is 2130. The van der Waals surface area contributed by atoms with Crippen molar-refractivity contribution in [1.82, 2.24) is 45.4 Å². The van der Waals surface area contributed by atoms with Crippen molar-refractivity contribution in [2.45, 2.75) is 77.5 Å². The maximum absolute atomic E-state index is 13.5. The number of methoxy groups -OCH3 is 1. The number of likely N-dealkylation sites (tertiary alicyclic amines) is 2. The number of carbonyl (C=O) groups excluding carboxylic acids is 3. The number of carbonyl (C=O) groups is 4. The van der Waals surface area contributed by atoms with E-state index in [2.05, 4.69) is 37.7 Å². The lowest BCUT2D eigenvalue weighted by Gasteiger charge is -2.30. The van der Waals surface area contributed by atoms with Crippen LogP contribution in [0.2, 0.25) is 0 Å². The number of imidazole rings is 2. The highest BCUT2D eigenvalue weighted by Gasteiger charge is 2.39. The molecule has 15 nitrogen and oxygen atoms in total. The molecule has 286 valence electrons. The summed E-state index contributed by atoms with van der Waals surface area (Å²) in [5, 5.41) is 15.1. The van der Waals surface area contributed by atoms with Gasteiger partial charge >= 0.3 is 12.2 Å². The minimum absolute atomic E-state index is 0.106. The molecule has 7 heterocycles. The maximum atomic E-state index is 13.5. The van der Waals surface area contributed by atoms with Gasteiger partial charge in [0.05, 0.1) is 52.7 Å². The van der Waals surface area contributed by atoms with Gasteiger partial charge < -0.3 is 40.2 Å². The van der Waals surface area contributed by atoms with Gasteiger partial charge in [-0.2, -0.15) is 0 Å². The van der Waals surface area contributed by atoms with Crippen LogP contribution in [-0.2, 0) is 14.3 Å². The minimum atomic E-state index is -1.22. The Balaban J connectivity index is 1.03. The van der Waals surface area contributed by atoms with Crippen LogP contribution in [-0.4, -0.2) is 96.1 Å². The maximum Gasteiger partial charge on any atom is 0.407 e. The zero-order valence-electron chi connectivity index (χ0n) is 30.5. The molecule has 54 heavy (non-hydrogen) atoms. The molecule has 0 aromatic carbocycles. The molecule has 4 amide bonds. The molecule has 18 heteroatoms. The summed E-state index contributed by atoms with van der Waals surface area (Å²) in [6.07, 6.45) is 6.77. The Morgan fingerprint density at radius 2 is 1.30 bits per heavy atom. The third-order valence-electron chi connectivity index (χ3n) is 9.95. The summed E-state index contributed by atoms with van der Waals surface area (Å²) in [5.41, 5.74) is 1.66. The third kappa shape index (κ3) is 7.46. The summed E-state index contributed by atoms with van der Waals surface area (Å²) in [6.45, 7) is 8.59. The second-order valence-electron chi connectivity index (χ2n) is 14.3. The topological polar surface area (TPSA) is 199 Å².